The van der Waals surface area contributed by atoms with Crippen molar-refractivity contribution in [3.8, 4) is 17.6 Å². The molecule has 0 radical (unpaired) electrons. The molecular weight excluding hydrogens is 434 g/mol. The second kappa shape index (κ2) is 11.7. The first-order valence-corrected chi connectivity index (χ1v) is 11.7. The molecule has 1 unspecified atom stereocenters. The molecule has 1 aromatic carbocycles. The molecular formula is C27H31NO6. The van der Waals surface area contributed by atoms with Crippen molar-refractivity contribution in [2.45, 2.75) is 57.5 Å². The maximum absolute atomic E-state index is 12.2. The topological polar surface area (TPSA) is 106 Å². The van der Waals surface area contributed by atoms with E-state index in [0.717, 1.165) is 43.4 Å². The van der Waals surface area contributed by atoms with E-state index in [4.69, 9.17) is 19.3 Å². The molecule has 0 spiro atoms. The molecule has 1 N–H and O–H groups in total. The lowest BCUT2D eigenvalue weighted by atomic mass is 9.89. The summed E-state index contributed by atoms with van der Waals surface area (Å²) in [5.41, 5.74) is 0.771. The Morgan fingerprint density at radius 2 is 2.09 bits per heavy atom. The Morgan fingerprint density at radius 1 is 1.29 bits per heavy atom. The molecule has 1 aliphatic heterocycles. The summed E-state index contributed by atoms with van der Waals surface area (Å²) in [7, 11) is 0. The summed E-state index contributed by atoms with van der Waals surface area (Å²) in [6, 6.07) is 5.82. The summed E-state index contributed by atoms with van der Waals surface area (Å²) in [6.07, 6.45) is 9.82. The Hall–Kier alpha value is -3.37. The van der Waals surface area contributed by atoms with E-state index in [1.165, 1.54) is 0 Å². The van der Waals surface area contributed by atoms with Crippen molar-refractivity contribution < 1.29 is 28.9 Å². The van der Waals surface area contributed by atoms with Crippen LogP contribution in [0.1, 0.15) is 61.4 Å². The van der Waals surface area contributed by atoms with Crippen LogP contribution in [0.2, 0.25) is 0 Å². The normalized spacial score (nSPS) is 18.9. The van der Waals surface area contributed by atoms with Crippen LogP contribution in [0.25, 0.3) is 0 Å². The molecule has 0 saturated heterocycles. The molecule has 1 heterocycles. The number of nitrogens with zero attached hydrogens (tertiary/aromatic N) is 1. The lowest BCUT2D eigenvalue weighted by molar-refractivity contribution is -0.132. The van der Waals surface area contributed by atoms with Crippen molar-refractivity contribution in [1.29, 1.82) is 5.26 Å². The molecule has 0 fully saturated rings. The molecule has 2 aliphatic rings. The highest BCUT2D eigenvalue weighted by molar-refractivity contribution is 6.00. The van der Waals surface area contributed by atoms with Gasteiger partial charge in [0.1, 0.15) is 17.6 Å². The van der Waals surface area contributed by atoms with E-state index in [1.54, 1.807) is 24.3 Å². The summed E-state index contributed by atoms with van der Waals surface area (Å²) >= 11 is 0. The van der Waals surface area contributed by atoms with E-state index in [1.807, 2.05) is 6.07 Å². The smallest absolute Gasteiger partial charge is 0.335 e. The first-order chi connectivity index (χ1) is 16.4. The van der Waals surface area contributed by atoms with Crippen molar-refractivity contribution in [3.63, 3.8) is 0 Å². The zero-order valence-corrected chi connectivity index (χ0v) is 19.6. The van der Waals surface area contributed by atoms with Gasteiger partial charge in [-0.3, -0.25) is 4.79 Å². The first-order valence-electron chi connectivity index (χ1n) is 11.7. The second-order valence-electron chi connectivity index (χ2n) is 8.44. The van der Waals surface area contributed by atoms with Gasteiger partial charge in [-0.2, -0.15) is 5.26 Å². The molecule has 0 amide bonds. The number of Topliss-reactive ketones (excluding diaryl/α,β-unsaturated/α-hetero) is 1. The number of carbonyl (C=O) groups excluding carboxylic acids is 1. The van der Waals surface area contributed by atoms with Crippen LogP contribution in [0, 0.1) is 11.3 Å². The number of hydrogen-bond acceptors (Lipinski definition) is 6. The fourth-order valence-corrected chi connectivity index (χ4v) is 4.06. The quantitative estimate of drug-likeness (QED) is 0.343. The lowest BCUT2D eigenvalue weighted by Crippen LogP contribution is -2.30. The van der Waals surface area contributed by atoms with E-state index < -0.39 is 11.6 Å². The maximum atomic E-state index is 12.2. The van der Waals surface area contributed by atoms with Crippen LogP contribution in [0.5, 0.6) is 11.5 Å². The van der Waals surface area contributed by atoms with Gasteiger partial charge in [-0.05, 0) is 49.5 Å². The average Bonchev–Trinajstić information content (AvgIpc) is 2.84. The number of benzene rings is 1. The number of allylic oxidation sites excluding steroid dienone is 1. The monoisotopic (exact) mass is 465 g/mol. The highest BCUT2D eigenvalue weighted by Crippen LogP contribution is 2.36. The highest BCUT2D eigenvalue weighted by Gasteiger charge is 2.31. The van der Waals surface area contributed by atoms with Gasteiger partial charge < -0.3 is 19.3 Å². The molecule has 0 bridgehead atoms. The van der Waals surface area contributed by atoms with E-state index in [2.05, 4.69) is 19.6 Å². The number of carboxylic acid groups (broad SMARTS) is 1. The number of unbranched alkanes of at least 4 members (excludes halogenated alkanes) is 2. The van der Waals surface area contributed by atoms with Crippen molar-refractivity contribution >= 4 is 11.8 Å². The highest BCUT2D eigenvalue weighted by atomic mass is 16.5. The zero-order chi connectivity index (χ0) is 24.6. The fraction of sp³-hybridized carbons (Fsp3) is 0.444. The van der Waals surface area contributed by atoms with E-state index >= 15 is 0 Å². The lowest BCUT2D eigenvalue weighted by Gasteiger charge is -2.26. The largest absolute Gasteiger partial charge is 0.493 e. The third-order valence-electron chi connectivity index (χ3n) is 5.90. The van der Waals surface area contributed by atoms with Gasteiger partial charge in [-0.25, -0.2) is 4.79 Å². The fourth-order valence-electron chi connectivity index (χ4n) is 4.06. The van der Waals surface area contributed by atoms with Gasteiger partial charge in [0.25, 0.3) is 0 Å². The first kappa shape index (κ1) is 25.3. The number of carbonyl (C=O) groups is 2. The SMILES string of the molecule is C=C(C(=O)O)C1=CC(C#N)(OCCCCCOc2ccc3c(c2CCC)OCCC3=O)CC=C1. The number of ether oxygens (including phenoxy) is 3. The summed E-state index contributed by atoms with van der Waals surface area (Å²) in [6.45, 7) is 6.95. The maximum Gasteiger partial charge on any atom is 0.335 e. The number of carboxylic acids is 1. The van der Waals surface area contributed by atoms with Crippen LogP contribution in [0.15, 0.2) is 48.1 Å². The number of aliphatic carboxylic acids is 1. The predicted octanol–water partition coefficient (Wildman–Crippen LogP) is 4.96. The predicted molar refractivity (Wildman–Crippen MR) is 127 cm³/mol. The molecule has 1 aliphatic carbocycles. The molecule has 7 heteroatoms. The van der Waals surface area contributed by atoms with Gasteiger partial charge in [0.05, 0.1) is 24.4 Å². The third-order valence-corrected chi connectivity index (χ3v) is 5.90. The zero-order valence-electron chi connectivity index (χ0n) is 19.6. The molecule has 34 heavy (non-hydrogen) atoms. The molecule has 180 valence electrons. The minimum absolute atomic E-state index is 0.0595. The van der Waals surface area contributed by atoms with E-state index in [0.29, 0.717) is 49.5 Å². The summed E-state index contributed by atoms with van der Waals surface area (Å²) < 4.78 is 17.7. The number of fused-ring (bicyclic) bond motifs is 1. The van der Waals surface area contributed by atoms with Crippen LogP contribution >= 0.6 is 0 Å². The van der Waals surface area contributed by atoms with Gasteiger partial charge in [-0.15, -0.1) is 0 Å². The number of ketones is 1. The Kier molecular flexibility index (Phi) is 8.67. The van der Waals surface area contributed by atoms with E-state index in [-0.39, 0.29) is 11.4 Å². The van der Waals surface area contributed by atoms with Gasteiger partial charge in [0.2, 0.25) is 0 Å². The van der Waals surface area contributed by atoms with Crippen molar-refractivity contribution in [2.24, 2.45) is 0 Å². The van der Waals surface area contributed by atoms with Crippen molar-refractivity contribution in [1.82, 2.24) is 0 Å². The Morgan fingerprint density at radius 3 is 2.82 bits per heavy atom. The van der Waals surface area contributed by atoms with Gasteiger partial charge in [-0.1, -0.05) is 32.1 Å². The number of rotatable bonds is 12. The summed E-state index contributed by atoms with van der Waals surface area (Å²) in [5, 5.41) is 18.8. The van der Waals surface area contributed by atoms with Crippen LogP contribution in [0.4, 0.5) is 0 Å². The molecule has 3 rings (SSSR count). The average molecular weight is 466 g/mol. The van der Waals surface area contributed by atoms with Crippen LogP contribution < -0.4 is 9.47 Å². The molecule has 1 aromatic rings. The minimum atomic E-state index is -1.17. The Balaban J connectivity index is 1.47. The standard InChI is InChI=1S/C27H31NO6/c1-3-8-22-24(11-10-21-23(29)12-16-33-25(21)22)32-14-5-4-6-15-34-27(18-28)13-7-9-20(17-27)19(2)26(30)31/h7,9-11,17H,2-6,8,12-16H2,1H3,(H,30,31). The Labute approximate surface area is 200 Å². The second-order valence-corrected chi connectivity index (χ2v) is 8.44. The summed E-state index contributed by atoms with van der Waals surface area (Å²) in [5.74, 6) is 0.428. The van der Waals surface area contributed by atoms with Crippen molar-refractivity contribution in [3.05, 3.63) is 59.2 Å². The van der Waals surface area contributed by atoms with Crippen molar-refractivity contribution in [2.75, 3.05) is 19.8 Å². The molecule has 1 atom stereocenters. The Bertz CT molecular complexity index is 1050. The van der Waals surface area contributed by atoms with Crippen LogP contribution in [-0.2, 0) is 16.0 Å². The minimum Gasteiger partial charge on any atom is -0.493 e. The molecule has 0 aromatic heterocycles. The van der Waals surface area contributed by atoms with Crippen LogP contribution in [-0.4, -0.2) is 42.3 Å². The third kappa shape index (κ3) is 5.95. The summed E-state index contributed by atoms with van der Waals surface area (Å²) in [4.78, 5) is 23.3. The molecule has 0 saturated carbocycles. The van der Waals surface area contributed by atoms with Gasteiger partial charge >= 0.3 is 5.97 Å². The van der Waals surface area contributed by atoms with Gasteiger partial charge in [0, 0.05) is 25.0 Å². The van der Waals surface area contributed by atoms with Gasteiger partial charge in [0.15, 0.2) is 11.4 Å². The number of nitriles is 1. The number of hydrogen-bond donors (Lipinski definition) is 1. The van der Waals surface area contributed by atoms with E-state index in [9.17, 15) is 14.9 Å². The van der Waals surface area contributed by atoms with Crippen LogP contribution in [0.3, 0.4) is 0 Å². The molecule has 7 nitrogen and oxygen atoms in total.